The van der Waals surface area contributed by atoms with E-state index < -0.39 is 0 Å². The molecule has 0 aromatic heterocycles. The number of likely N-dealkylation sites (N-methyl/N-ethyl adjacent to an activating group) is 1. The predicted octanol–water partition coefficient (Wildman–Crippen LogP) is 4.98. The lowest BCUT2D eigenvalue weighted by Crippen LogP contribution is -2.22. The molecule has 0 unspecified atom stereocenters. The Bertz CT molecular complexity index is 903. The molecule has 4 nitrogen and oxygen atoms in total. The standard InChI is InChI=1S/C22H23NO3S2/c1-15-11-16(2)13-18(12-15)25-9-6-10-26-19-8-5-4-7-17(19)14-20-21(24)23(3)22(27)28-20/h4-5,7-8,11-14H,6,9-10H2,1-3H3. The summed E-state index contributed by atoms with van der Waals surface area (Å²) in [6.45, 7) is 5.24. The zero-order chi connectivity index (χ0) is 20.1. The van der Waals surface area contributed by atoms with Crippen molar-refractivity contribution in [3.05, 3.63) is 64.1 Å². The van der Waals surface area contributed by atoms with Crippen LogP contribution in [0.3, 0.4) is 0 Å². The molecule has 146 valence electrons. The summed E-state index contributed by atoms with van der Waals surface area (Å²) in [5, 5.41) is 0. The highest BCUT2D eigenvalue weighted by Gasteiger charge is 2.28. The van der Waals surface area contributed by atoms with Crippen molar-refractivity contribution in [3.63, 3.8) is 0 Å². The highest BCUT2D eigenvalue weighted by atomic mass is 32.2. The van der Waals surface area contributed by atoms with Crippen molar-refractivity contribution in [1.82, 2.24) is 4.90 Å². The van der Waals surface area contributed by atoms with Gasteiger partial charge in [0.25, 0.3) is 5.91 Å². The van der Waals surface area contributed by atoms with Crippen LogP contribution in [0, 0.1) is 13.8 Å². The molecule has 1 amide bonds. The Morgan fingerprint density at radius 3 is 2.43 bits per heavy atom. The lowest BCUT2D eigenvalue weighted by Gasteiger charge is -2.11. The number of carbonyl (C=O) groups excluding carboxylic acids is 1. The fraction of sp³-hybridized carbons (Fsp3) is 0.273. The summed E-state index contributed by atoms with van der Waals surface area (Å²) < 4.78 is 12.3. The second-order valence-corrected chi connectivity index (χ2v) is 8.33. The van der Waals surface area contributed by atoms with Gasteiger partial charge in [-0.15, -0.1) is 0 Å². The van der Waals surface area contributed by atoms with Crippen LogP contribution in [-0.4, -0.2) is 35.4 Å². The van der Waals surface area contributed by atoms with Crippen LogP contribution in [0.25, 0.3) is 6.08 Å². The minimum absolute atomic E-state index is 0.0772. The Morgan fingerprint density at radius 1 is 1.07 bits per heavy atom. The van der Waals surface area contributed by atoms with E-state index >= 15 is 0 Å². The Kier molecular flexibility index (Phi) is 6.75. The monoisotopic (exact) mass is 413 g/mol. The highest BCUT2D eigenvalue weighted by Crippen LogP contribution is 2.33. The molecule has 0 bridgehead atoms. The topological polar surface area (TPSA) is 38.8 Å². The number of ether oxygens (including phenoxy) is 2. The lowest BCUT2D eigenvalue weighted by molar-refractivity contribution is -0.121. The highest BCUT2D eigenvalue weighted by molar-refractivity contribution is 8.26. The maximum atomic E-state index is 12.2. The van der Waals surface area contributed by atoms with E-state index in [2.05, 4.69) is 19.9 Å². The SMILES string of the molecule is Cc1cc(C)cc(OCCCOc2ccccc2C=C2SC(=S)N(C)C2=O)c1. The Hall–Kier alpha value is -2.31. The number of carbonyl (C=O) groups is 1. The molecule has 0 radical (unpaired) electrons. The molecule has 0 spiro atoms. The summed E-state index contributed by atoms with van der Waals surface area (Å²) in [5.74, 6) is 1.56. The molecule has 1 fully saturated rings. The number of amides is 1. The third-order valence-electron chi connectivity index (χ3n) is 4.20. The quantitative estimate of drug-likeness (QED) is 0.364. The number of aryl methyl sites for hydroxylation is 2. The van der Waals surface area contributed by atoms with Gasteiger partial charge in [0.05, 0.1) is 18.1 Å². The molecule has 0 aliphatic carbocycles. The molecular weight excluding hydrogens is 390 g/mol. The molecule has 2 aromatic rings. The maximum absolute atomic E-state index is 12.2. The third-order valence-corrected chi connectivity index (χ3v) is 5.69. The van der Waals surface area contributed by atoms with Crippen LogP contribution in [0.5, 0.6) is 11.5 Å². The smallest absolute Gasteiger partial charge is 0.265 e. The number of thioether (sulfide) groups is 1. The second-order valence-electron chi connectivity index (χ2n) is 6.65. The molecule has 0 N–H and O–H groups in total. The molecule has 0 atom stereocenters. The average molecular weight is 414 g/mol. The van der Waals surface area contributed by atoms with Crippen LogP contribution >= 0.6 is 24.0 Å². The van der Waals surface area contributed by atoms with E-state index in [1.54, 1.807) is 7.05 Å². The van der Waals surface area contributed by atoms with Crippen LogP contribution in [0.1, 0.15) is 23.1 Å². The first kappa shape index (κ1) is 20.4. The van der Waals surface area contributed by atoms with Gasteiger partial charge in [0, 0.05) is 19.0 Å². The van der Waals surface area contributed by atoms with Crippen molar-refractivity contribution in [1.29, 1.82) is 0 Å². The van der Waals surface area contributed by atoms with E-state index in [-0.39, 0.29) is 5.91 Å². The van der Waals surface area contributed by atoms with Gasteiger partial charge in [-0.1, -0.05) is 48.2 Å². The first-order chi connectivity index (χ1) is 13.4. The molecule has 1 heterocycles. The van der Waals surface area contributed by atoms with Gasteiger partial charge < -0.3 is 9.47 Å². The van der Waals surface area contributed by atoms with E-state index in [9.17, 15) is 4.79 Å². The fourth-order valence-corrected chi connectivity index (χ4v) is 4.04. The van der Waals surface area contributed by atoms with E-state index in [4.69, 9.17) is 21.7 Å². The minimum Gasteiger partial charge on any atom is -0.493 e. The zero-order valence-corrected chi connectivity index (χ0v) is 17.9. The molecule has 1 aliphatic rings. The summed E-state index contributed by atoms with van der Waals surface area (Å²) in [4.78, 5) is 14.3. The Balaban J connectivity index is 1.55. The summed E-state index contributed by atoms with van der Waals surface area (Å²) >= 11 is 6.49. The third kappa shape index (κ3) is 5.14. The number of nitrogens with zero attached hydrogens (tertiary/aromatic N) is 1. The maximum Gasteiger partial charge on any atom is 0.265 e. The van der Waals surface area contributed by atoms with E-state index in [0.29, 0.717) is 22.4 Å². The number of benzene rings is 2. The summed E-state index contributed by atoms with van der Waals surface area (Å²) in [5.41, 5.74) is 3.25. The van der Waals surface area contributed by atoms with Crippen molar-refractivity contribution in [2.45, 2.75) is 20.3 Å². The van der Waals surface area contributed by atoms with Crippen molar-refractivity contribution < 1.29 is 14.3 Å². The van der Waals surface area contributed by atoms with Gasteiger partial charge in [-0.05, 0) is 49.2 Å². The number of para-hydroxylation sites is 1. The lowest BCUT2D eigenvalue weighted by atomic mass is 10.1. The van der Waals surface area contributed by atoms with Crippen LogP contribution in [-0.2, 0) is 4.79 Å². The number of hydrogen-bond donors (Lipinski definition) is 0. The van der Waals surface area contributed by atoms with Crippen LogP contribution in [0.15, 0.2) is 47.4 Å². The second kappa shape index (κ2) is 9.26. The van der Waals surface area contributed by atoms with Gasteiger partial charge in [-0.25, -0.2) is 0 Å². The summed E-state index contributed by atoms with van der Waals surface area (Å²) in [7, 11) is 1.69. The summed E-state index contributed by atoms with van der Waals surface area (Å²) in [6, 6.07) is 13.9. The van der Waals surface area contributed by atoms with Crippen LogP contribution in [0.4, 0.5) is 0 Å². The zero-order valence-electron chi connectivity index (χ0n) is 16.2. The minimum atomic E-state index is -0.0772. The van der Waals surface area contributed by atoms with Crippen molar-refractivity contribution in [2.24, 2.45) is 0 Å². The van der Waals surface area contributed by atoms with E-state index in [1.165, 1.54) is 27.8 Å². The summed E-state index contributed by atoms with van der Waals surface area (Å²) in [6.07, 6.45) is 2.60. The molecule has 2 aromatic carbocycles. The van der Waals surface area contributed by atoms with Gasteiger partial charge >= 0.3 is 0 Å². The Morgan fingerprint density at radius 2 is 1.75 bits per heavy atom. The van der Waals surface area contributed by atoms with Crippen LogP contribution < -0.4 is 9.47 Å². The number of thiocarbonyl (C=S) groups is 1. The number of hydrogen-bond acceptors (Lipinski definition) is 5. The van der Waals surface area contributed by atoms with E-state index in [0.717, 1.165) is 23.5 Å². The van der Waals surface area contributed by atoms with E-state index in [1.807, 2.05) is 42.5 Å². The first-order valence-electron chi connectivity index (χ1n) is 9.08. The van der Waals surface area contributed by atoms with Crippen molar-refractivity contribution in [3.8, 4) is 11.5 Å². The van der Waals surface area contributed by atoms with Crippen molar-refractivity contribution >= 4 is 40.3 Å². The molecular formula is C22H23NO3S2. The molecule has 6 heteroatoms. The van der Waals surface area contributed by atoms with Gasteiger partial charge in [-0.2, -0.15) is 0 Å². The molecule has 1 aliphatic heterocycles. The average Bonchev–Trinajstić information content (AvgIpc) is 2.89. The van der Waals surface area contributed by atoms with Gasteiger partial charge in [0.1, 0.15) is 15.8 Å². The molecule has 3 rings (SSSR count). The Labute approximate surface area is 175 Å². The van der Waals surface area contributed by atoms with Crippen molar-refractivity contribution in [2.75, 3.05) is 20.3 Å². The van der Waals surface area contributed by atoms with Gasteiger partial charge in [0.2, 0.25) is 0 Å². The largest absolute Gasteiger partial charge is 0.493 e. The predicted molar refractivity (Wildman–Crippen MR) is 119 cm³/mol. The molecule has 1 saturated heterocycles. The van der Waals surface area contributed by atoms with Gasteiger partial charge in [0.15, 0.2) is 0 Å². The normalized spacial score (nSPS) is 15.4. The number of rotatable bonds is 7. The molecule has 28 heavy (non-hydrogen) atoms. The van der Waals surface area contributed by atoms with Gasteiger partial charge in [-0.3, -0.25) is 9.69 Å². The fourth-order valence-electron chi connectivity index (χ4n) is 2.87. The first-order valence-corrected chi connectivity index (χ1v) is 10.3. The molecule has 0 saturated carbocycles. The van der Waals surface area contributed by atoms with Crippen LogP contribution in [0.2, 0.25) is 0 Å².